The molecule has 0 aromatic heterocycles. The highest BCUT2D eigenvalue weighted by molar-refractivity contribution is 7.85. The van der Waals surface area contributed by atoms with Gasteiger partial charge in [-0.25, -0.2) is 8.91 Å². The van der Waals surface area contributed by atoms with E-state index in [9.17, 15) is 22.8 Å². The molecule has 1 aliphatic rings. The summed E-state index contributed by atoms with van der Waals surface area (Å²) in [5, 5.41) is 0. The summed E-state index contributed by atoms with van der Waals surface area (Å²) in [6.07, 6.45) is -1.90. The first-order chi connectivity index (χ1) is 5.46. The summed E-state index contributed by atoms with van der Waals surface area (Å²) in [6.45, 7) is 0. The molecule has 1 heterocycles. The number of hydrogen-bond acceptors (Lipinski definition) is 6. The van der Waals surface area contributed by atoms with Gasteiger partial charge in [-0.15, -0.1) is 0 Å². The Morgan fingerprint density at radius 3 is 2.50 bits per heavy atom. The molecule has 0 radical (unpaired) electrons. The summed E-state index contributed by atoms with van der Waals surface area (Å²) in [5.74, 6) is -2.59. The van der Waals surface area contributed by atoms with Crippen LogP contribution in [0.25, 0.3) is 0 Å². The maximum atomic E-state index is 10.6. The van der Waals surface area contributed by atoms with E-state index in [0.29, 0.717) is 0 Å². The highest BCUT2D eigenvalue weighted by atomic mass is 32.2. The smallest absolute Gasteiger partial charge is 0.300 e. The van der Waals surface area contributed by atoms with E-state index < -0.39 is 28.1 Å². The number of hydrogen-bond donors (Lipinski definition) is 1. The number of nitrogens with one attached hydrogen (secondary N) is 1. The van der Waals surface area contributed by atoms with Gasteiger partial charge in [0.1, 0.15) is 0 Å². The van der Waals surface area contributed by atoms with Crippen LogP contribution in [0, 0.1) is 0 Å². The highest BCUT2D eigenvalue weighted by Crippen LogP contribution is 2.03. The van der Waals surface area contributed by atoms with E-state index in [0.717, 1.165) is 0 Å². The number of aldehydes is 1. The molecule has 7 nitrogen and oxygen atoms in total. The molecule has 1 fully saturated rings. The lowest BCUT2D eigenvalue weighted by Gasteiger charge is -2.15. The zero-order valence-electron chi connectivity index (χ0n) is 5.51. The fourth-order valence-electron chi connectivity index (χ4n) is 0.582. The van der Waals surface area contributed by atoms with Gasteiger partial charge in [0.15, 0.2) is 6.29 Å². The van der Waals surface area contributed by atoms with Crippen molar-refractivity contribution in [2.24, 2.45) is 0 Å². The van der Waals surface area contributed by atoms with Gasteiger partial charge in [-0.2, -0.15) is 8.42 Å². The lowest BCUT2D eigenvalue weighted by molar-refractivity contribution is -0.144. The van der Waals surface area contributed by atoms with Crippen molar-refractivity contribution in [3.8, 4) is 0 Å². The van der Waals surface area contributed by atoms with Crippen LogP contribution in [-0.2, 0) is 28.9 Å². The first-order valence-corrected chi connectivity index (χ1v) is 4.11. The molecule has 1 rings (SSSR count). The second-order valence-electron chi connectivity index (χ2n) is 1.90. The van der Waals surface area contributed by atoms with Crippen LogP contribution in [0.15, 0.2) is 0 Å². The van der Waals surface area contributed by atoms with E-state index in [1.807, 2.05) is 0 Å². The molecule has 0 bridgehead atoms. The average molecular weight is 193 g/mol. The topological polar surface area (TPSA) is 107 Å². The van der Waals surface area contributed by atoms with Crippen LogP contribution in [0.5, 0.6) is 0 Å². The summed E-state index contributed by atoms with van der Waals surface area (Å²) in [6, 6.07) is 0. The van der Waals surface area contributed by atoms with Crippen LogP contribution in [0.3, 0.4) is 0 Å². The van der Waals surface area contributed by atoms with Gasteiger partial charge in [-0.3, -0.25) is 14.4 Å². The van der Waals surface area contributed by atoms with Gasteiger partial charge < -0.3 is 0 Å². The van der Waals surface area contributed by atoms with Crippen LogP contribution in [0.2, 0.25) is 0 Å². The van der Waals surface area contributed by atoms with E-state index in [1.54, 1.807) is 0 Å². The van der Waals surface area contributed by atoms with Crippen LogP contribution in [0.1, 0.15) is 0 Å². The third-order valence-corrected chi connectivity index (χ3v) is 1.95. The lowest BCUT2D eigenvalue weighted by atomic mass is 10.2. The average Bonchev–Trinajstić information content (AvgIpc) is 1.96. The minimum absolute atomic E-state index is 0.0569. The molecule has 0 spiro atoms. The summed E-state index contributed by atoms with van der Waals surface area (Å²) in [4.78, 5) is 31.1. The maximum Gasteiger partial charge on any atom is 0.363 e. The summed E-state index contributed by atoms with van der Waals surface area (Å²) < 4.78 is 26.2. The lowest BCUT2D eigenvalue weighted by Crippen LogP contribution is -2.50. The predicted octanol–water partition coefficient (Wildman–Crippen LogP) is -2.49. The van der Waals surface area contributed by atoms with Gasteiger partial charge in [-0.05, 0) is 0 Å². The third-order valence-electron chi connectivity index (χ3n) is 1.05. The first kappa shape index (κ1) is 8.81. The molecule has 66 valence electrons. The maximum absolute atomic E-state index is 10.6. The van der Waals surface area contributed by atoms with Gasteiger partial charge in [-0.1, -0.05) is 0 Å². The Balaban J connectivity index is 3.01. The molecule has 1 amide bonds. The number of rotatable bonds is 1. The van der Waals surface area contributed by atoms with E-state index in [2.05, 4.69) is 4.18 Å². The predicted molar refractivity (Wildman–Crippen MR) is 33.0 cm³/mol. The Morgan fingerprint density at radius 1 is 1.42 bits per heavy atom. The van der Waals surface area contributed by atoms with Crippen molar-refractivity contribution in [1.82, 2.24) is 4.72 Å². The molecule has 0 saturated carbocycles. The van der Waals surface area contributed by atoms with Crippen molar-refractivity contribution >= 4 is 28.3 Å². The van der Waals surface area contributed by atoms with Crippen molar-refractivity contribution in [2.45, 2.75) is 6.10 Å². The Morgan fingerprint density at radius 2 is 2.00 bits per heavy atom. The van der Waals surface area contributed by atoms with Crippen LogP contribution < -0.4 is 4.72 Å². The molecule has 1 aliphatic heterocycles. The zero-order chi connectivity index (χ0) is 9.35. The Hall–Kier alpha value is -1.28. The van der Waals surface area contributed by atoms with Crippen molar-refractivity contribution in [3.05, 3.63) is 0 Å². The number of carbonyl (C=O) groups excluding carboxylic acids is 3. The normalized spacial score (nSPS) is 27.8. The van der Waals surface area contributed by atoms with Crippen molar-refractivity contribution < 1.29 is 27.0 Å². The van der Waals surface area contributed by atoms with E-state index in [1.165, 1.54) is 4.72 Å². The highest BCUT2D eigenvalue weighted by Gasteiger charge is 2.38. The fourth-order valence-corrected chi connectivity index (χ4v) is 1.36. The Labute approximate surface area is 66.9 Å². The van der Waals surface area contributed by atoms with E-state index >= 15 is 0 Å². The monoisotopic (exact) mass is 193 g/mol. The quantitative estimate of drug-likeness (QED) is 0.280. The molecule has 1 atom stereocenters. The van der Waals surface area contributed by atoms with Crippen molar-refractivity contribution in [1.29, 1.82) is 0 Å². The molecule has 12 heavy (non-hydrogen) atoms. The van der Waals surface area contributed by atoms with Gasteiger partial charge >= 0.3 is 16.2 Å². The van der Waals surface area contributed by atoms with Gasteiger partial charge in [0.25, 0.3) is 5.78 Å². The number of carbonyl (C=O) groups is 3. The van der Waals surface area contributed by atoms with Gasteiger partial charge in [0, 0.05) is 0 Å². The minimum atomic E-state index is -4.28. The Bertz CT molecular complexity index is 343. The number of ketones is 1. The molecular formula is C4H3NO6S. The first-order valence-electron chi connectivity index (χ1n) is 2.71. The Kier molecular flexibility index (Phi) is 1.94. The summed E-state index contributed by atoms with van der Waals surface area (Å²) >= 11 is 0. The van der Waals surface area contributed by atoms with E-state index in [4.69, 9.17) is 0 Å². The van der Waals surface area contributed by atoms with Crippen LogP contribution in [-0.4, -0.2) is 32.5 Å². The standard InChI is InChI=1S/C4H3NO6S/c6-1-2-3(7)4(8)5-12(9,10)11-2/h1-2H,(H,5,8). The molecular weight excluding hydrogens is 190 g/mol. The van der Waals surface area contributed by atoms with Crippen molar-refractivity contribution in [3.63, 3.8) is 0 Å². The number of Topliss-reactive ketones (excluding diaryl/α,β-unsaturated/α-hetero) is 1. The molecule has 1 unspecified atom stereocenters. The van der Waals surface area contributed by atoms with Crippen LogP contribution >= 0.6 is 0 Å². The second kappa shape index (κ2) is 2.64. The second-order valence-corrected chi connectivity index (χ2v) is 3.21. The molecule has 1 saturated heterocycles. The molecule has 0 aromatic rings. The van der Waals surface area contributed by atoms with E-state index in [-0.39, 0.29) is 6.29 Å². The molecule has 0 aromatic carbocycles. The molecule has 8 heteroatoms. The molecule has 1 N–H and O–H groups in total. The van der Waals surface area contributed by atoms with Gasteiger partial charge in [0.2, 0.25) is 6.10 Å². The summed E-state index contributed by atoms with van der Waals surface area (Å²) in [5.41, 5.74) is 0. The largest absolute Gasteiger partial charge is 0.363 e. The third kappa shape index (κ3) is 1.48. The molecule has 0 aliphatic carbocycles. The van der Waals surface area contributed by atoms with Crippen molar-refractivity contribution in [2.75, 3.05) is 0 Å². The summed E-state index contributed by atoms with van der Waals surface area (Å²) in [7, 11) is -4.28. The number of amides is 1. The SMILES string of the molecule is O=CC1OS(=O)(=O)NC(=O)C1=O. The van der Waals surface area contributed by atoms with Crippen LogP contribution in [0.4, 0.5) is 0 Å². The van der Waals surface area contributed by atoms with Gasteiger partial charge in [0.05, 0.1) is 0 Å². The zero-order valence-corrected chi connectivity index (χ0v) is 6.33. The minimum Gasteiger partial charge on any atom is -0.300 e. The fraction of sp³-hybridized carbons (Fsp3) is 0.250.